The molecule has 1 spiro atoms. The Morgan fingerprint density at radius 1 is 1.03 bits per heavy atom. The predicted molar refractivity (Wildman–Crippen MR) is 136 cm³/mol. The second-order valence-corrected chi connectivity index (χ2v) is 10.9. The van der Waals surface area contributed by atoms with Gasteiger partial charge in [-0.25, -0.2) is 14.2 Å². The van der Waals surface area contributed by atoms with Crippen molar-refractivity contribution in [3.8, 4) is 0 Å². The van der Waals surface area contributed by atoms with Crippen LogP contribution in [0.15, 0.2) is 54.7 Å². The van der Waals surface area contributed by atoms with Gasteiger partial charge in [-0.2, -0.15) is 0 Å². The number of likely N-dealkylation sites (tertiary alicyclic amines) is 1. The van der Waals surface area contributed by atoms with Crippen LogP contribution < -0.4 is 4.90 Å². The van der Waals surface area contributed by atoms with Gasteiger partial charge in [0.25, 0.3) is 0 Å². The minimum absolute atomic E-state index is 0.00532. The highest BCUT2D eigenvalue weighted by Crippen LogP contribution is 2.50. The Balaban J connectivity index is 0.996. The van der Waals surface area contributed by atoms with E-state index in [0.717, 1.165) is 54.9 Å². The number of carbonyl (C=O) groups excluding carboxylic acids is 1. The second kappa shape index (κ2) is 9.00. The Bertz CT molecular complexity index is 1240. The molecule has 3 fully saturated rings. The number of hydrogen-bond acceptors (Lipinski definition) is 6. The highest BCUT2D eigenvalue weighted by atomic mass is 19.1. The molecule has 2 aliphatic heterocycles. The van der Waals surface area contributed by atoms with Gasteiger partial charge in [-0.05, 0) is 56.5 Å². The van der Waals surface area contributed by atoms with Gasteiger partial charge in [-0.15, -0.1) is 0 Å². The molecular formula is C28H32FN5O2. The smallest absolute Gasteiger partial charge is 0.410 e. The van der Waals surface area contributed by atoms with Gasteiger partial charge in [0.1, 0.15) is 17.7 Å². The van der Waals surface area contributed by atoms with Crippen LogP contribution in [-0.4, -0.2) is 70.2 Å². The molecule has 0 N–H and O–H groups in total. The Morgan fingerprint density at radius 3 is 2.39 bits per heavy atom. The number of hydrogen-bond donors (Lipinski definition) is 0. The number of amides is 1. The van der Waals surface area contributed by atoms with Gasteiger partial charge in [-0.3, -0.25) is 14.8 Å². The minimum atomic E-state index is -0.207. The molecule has 1 amide bonds. The molecule has 36 heavy (non-hydrogen) atoms. The maximum Gasteiger partial charge on any atom is 0.410 e. The van der Waals surface area contributed by atoms with E-state index in [1.54, 1.807) is 0 Å². The van der Waals surface area contributed by atoms with Crippen molar-refractivity contribution in [2.75, 3.05) is 31.1 Å². The zero-order valence-electron chi connectivity index (χ0n) is 20.8. The molecule has 2 aromatic carbocycles. The molecule has 0 unspecified atom stereocenters. The lowest BCUT2D eigenvalue weighted by molar-refractivity contribution is -0.137. The van der Waals surface area contributed by atoms with Crippen LogP contribution in [0.4, 0.5) is 15.0 Å². The lowest BCUT2D eigenvalue weighted by Crippen LogP contribution is -2.65. The van der Waals surface area contributed by atoms with Crippen LogP contribution in [0.5, 0.6) is 0 Å². The van der Waals surface area contributed by atoms with Crippen molar-refractivity contribution in [1.82, 2.24) is 19.8 Å². The molecule has 3 heterocycles. The van der Waals surface area contributed by atoms with Crippen LogP contribution in [0.1, 0.15) is 32.3 Å². The molecule has 2 atom stereocenters. The van der Waals surface area contributed by atoms with Crippen LogP contribution in [-0.2, 0) is 11.3 Å². The fourth-order valence-electron chi connectivity index (χ4n) is 6.28. The van der Waals surface area contributed by atoms with Gasteiger partial charge in [0.05, 0.1) is 29.3 Å². The number of piperazine rings is 1. The zero-order valence-corrected chi connectivity index (χ0v) is 20.8. The van der Waals surface area contributed by atoms with E-state index in [1.807, 2.05) is 47.5 Å². The third-order valence-electron chi connectivity index (χ3n) is 7.92. The van der Waals surface area contributed by atoms with Crippen LogP contribution >= 0.6 is 0 Å². The van der Waals surface area contributed by atoms with Crippen molar-refractivity contribution < 1.29 is 13.9 Å². The highest BCUT2D eigenvalue weighted by molar-refractivity contribution is 5.75. The number of benzene rings is 2. The Kier molecular flexibility index (Phi) is 5.79. The molecule has 1 aliphatic carbocycles. The first-order valence-corrected chi connectivity index (χ1v) is 12.8. The third kappa shape index (κ3) is 4.39. The molecular weight excluding hydrogens is 457 g/mol. The summed E-state index contributed by atoms with van der Waals surface area (Å²) < 4.78 is 19.1. The summed E-state index contributed by atoms with van der Waals surface area (Å²) in [7, 11) is 0. The van der Waals surface area contributed by atoms with E-state index in [-0.39, 0.29) is 35.5 Å². The largest absolute Gasteiger partial charge is 0.446 e. The van der Waals surface area contributed by atoms with E-state index in [1.165, 1.54) is 12.1 Å². The quantitative estimate of drug-likeness (QED) is 0.539. The molecule has 8 heteroatoms. The number of anilines is 1. The Morgan fingerprint density at radius 2 is 1.69 bits per heavy atom. The average Bonchev–Trinajstić information content (AvgIpc) is 2.82. The molecule has 6 rings (SSSR count). The van der Waals surface area contributed by atoms with E-state index in [0.29, 0.717) is 13.1 Å². The zero-order chi connectivity index (χ0) is 24.9. The number of rotatable bonds is 4. The average molecular weight is 490 g/mol. The van der Waals surface area contributed by atoms with Crippen LogP contribution in [0, 0.1) is 11.2 Å². The highest BCUT2D eigenvalue weighted by Gasteiger charge is 2.54. The van der Waals surface area contributed by atoms with E-state index < -0.39 is 0 Å². The summed E-state index contributed by atoms with van der Waals surface area (Å²) in [6, 6.07) is 14.6. The first-order valence-electron chi connectivity index (χ1n) is 12.8. The summed E-state index contributed by atoms with van der Waals surface area (Å²) in [5, 5.41) is 0. The van der Waals surface area contributed by atoms with Crippen LogP contribution in [0.3, 0.4) is 0 Å². The summed E-state index contributed by atoms with van der Waals surface area (Å²) in [6.45, 7) is 8.39. The van der Waals surface area contributed by atoms with Gasteiger partial charge in [0.15, 0.2) is 0 Å². The molecule has 1 saturated carbocycles. The van der Waals surface area contributed by atoms with Crippen molar-refractivity contribution in [1.29, 1.82) is 0 Å². The fraction of sp³-hybridized carbons (Fsp3) is 0.464. The lowest BCUT2D eigenvalue weighted by Gasteiger charge is -2.58. The number of halogens is 1. The van der Waals surface area contributed by atoms with Gasteiger partial charge >= 0.3 is 6.09 Å². The monoisotopic (exact) mass is 489 g/mol. The summed E-state index contributed by atoms with van der Waals surface area (Å²) in [4.78, 5) is 28.9. The van der Waals surface area contributed by atoms with E-state index >= 15 is 0 Å². The standard InChI is InChI=1S/C28H32FN5O2/c1-19-14-33(26-13-30-24-5-3-4-6-25(24)31-26)15-20(2)34(19)27(35)36-23-11-28(12-23)17-32(18-28)16-21-7-9-22(29)10-8-21/h3-10,13,19-20,23H,11-12,14-18H2,1-2H3/t19-,20+. The molecule has 0 radical (unpaired) electrons. The molecule has 3 aromatic rings. The maximum absolute atomic E-state index is 13.1. The fourth-order valence-corrected chi connectivity index (χ4v) is 6.28. The maximum atomic E-state index is 13.1. The van der Waals surface area contributed by atoms with Crippen LogP contribution in [0.2, 0.25) is 0 Å². The molecule has 7 nitrogen and oxygen atoms in total. The normalized spacial score (nSPS) is 24.0. The molecule has 1 aromatic heterocycles. The van der Waals surface area contributed by atoms with Gasteiger partial charge in [-0.1, -0.05) is 24.3 Å². The Labute approximate surface area is 210 Å². The first kappa shape index (κ1) is 23.2. The number of ether oxygens (including phenoxy) is 1. The van der Waals surface area contributed by atoms with Crippen molar-refractivity contribution in [2.24, 2.45) is 5.41 Å². The predicted octanol–water partition coefficient (Wildman–Crippen LogP) is 4.47. The van der Waals surface area contributed by atoms with E-state index in [2.05, 4.69) is 28.6 Å². The van der Waals surface area contributed by atoms with Crippen molar-refractivity contribution in [2.45, 2.75) is 51.4 Å². The summed E-state index contributed by atoms with van der Waals surface area (Å²) in [6.07, 6.45) is 3.46. The number of carbonyl (C=O) groups is 1. The molecule has 188 valence electrons. The summed E-state index contributed by atoms with van der Waals surface area (Å²) in [5.74, 6) is 0.645. The van der Waals surface area contributed by atoms with Gasteiger partial charge in [0.2, 0.25) is 0 Å². The minimum Gasteiger partial charge on any atom is -0.446 e. The number of nitrogens with zero attached hydrogens (tertiary/aromatic N) is 5. The van der Waals surface area contributed by atoms with Crippen molar-refractivity contribution in [3.05, 3.63) is 66.1 Å². The first-order chi connectivity index (χ1) is 17.4. The van der Waals surface area contributed by atoms with Crippen molar-refractivity contribution in [3.63, 3.8) is 0 Å². The third-order valence-corrected chi connectivity index (χ3v) is 7.92. The molecule has 0 bridgehead atoms. The number of para-hydroxylation sites is 2. The second-order valence-electron chi connectivity index (χ2n) is 10.9. The van der Waals surface area contributed by atoms with Crippen molar-refractivity contribution >= 4 is 22.9 Å². The molecule has 3 aliphatic rings. The van der Waals surface area contributed by atoms with E-state index in [4.69, 9.17) is 9.72 Å². The van der Waals surface area contributed by atoms with Crippen LogP contribution in [0.25, 0.3) is 11.0 Å². The Hall–Kier alpha value is -3.26. The van der Waals surface area contributed by atoms with Gasteiger partial charge < -0.3 is 9.64 Å². The van der Waals surface area contributed by atoms with Gasteiger partial charge in [0, 0.05) is 38.1 Å². The number of fused-ring (bicyclic) bond motifs is 1. The lowest BCUT2D eigenvalue weighted by atomic mass is 9.61. The molecule has 2 saturated heterocycles. The SMILES string of the molecule is C[C@@H]1CN(c2cnc3ccccc3n2)C[C@H](C)N1C(=O)OC1CC2(C1)CN(Cc1ccc(F)cc1)C2. The van der Waals surface area contributed by atoms with E-state index in [9.17, 15) is 9.18 Å². The topological polar surface area (TPSA) is 61.8 Å². The summed E-state index contributed by atoms with van der Waals surface area (Å²) in [5.41, 5.74) is 3.16. The number of aromatic nitrogens is 2. The summed E-state index contributed by atoms with van der Waals surface area (Å²) >= 11 is 0.